The van der Waals surface area contributed by atoms with Gasteiger partial charge in [-0.2, -0.15) is 0 Å². The molecule has 2 rings (SSSR count). The normalized spacial score (nSPS) is 10.1. The van der Waals surface area contributed by atoms with Crippen molar-refractivity contribution < 1.29 is 19.4 Å². The van der Waals surface area contributed by atoms with Gasteiger partial charge in [-0.3, -0.25) is 29.8 Å². The molecule has 26 heavy (non-hydrogen) atoms. The molecule has 0 saturated heterocycles. The number of nitrogens with one attached hydrogen (secondary N) is 2. The smallest absolute Gasteiger partial charge is 0.326 e. The Labute approximate surface area is 147 Å². The molecular weight excluding hydrogens is 344 g/mol. The Morgan fingerprint density at radius 3 is 1.81 bits per heavy atom. The summed E-state index contributed by atoms with van der Waals surface area (Å²) in [6.07, 6.45) is 0. The highest BCUT2D eigenvalue weighted by atomic mass is 16.6. The summed E-state index contributed by atoms with van der Waals surface area (Å²) >= 11 is 0. The monoisotopic (exact) mass is 358 g/mol. The van der Waals surface area contributed by atoms with E-state index in [1.54, 1.807) is 0 Å². The molecule has 10 heteroatoms. The molecule has 0 atom stereocenters. The van der Waals surface area contributed by atoms with E-state index in [0.717, 1.165) is 6.92 Å². The Morgan fingerprint density at radius 2 is 1.35 bits per heavy atom. The fraction of sp³-hybridized carbons (Fsp3) is 0.125. The zero-order chi connectivity index (χ0) is 19.4. The van der Waals surface area contributed by atoms with Crippen LogP contribution < -0.4 is 10.6 Å². The lowest BCUT2D eigenvalue weighted by Crippen LogP contribution is -2.10. The number of hydrogen-bond acceptors (Lipinski definition) is 6. The van der Waals surface area contributed by atoms with Crippen LogP contribution in [0, 0.1) is 20.2 Å². The molecule has 0 spiro atoms. The number of benzene rings is 2. The minimum atomic E-state index is -0.904. The topological polar surface area (TPSA) is 144 Å². The van der Waals surface area contributed by atoms with Crippen LogP contribution in [0.1, 0.15) is 13.8 Å². The van der Waals surface area contributed by atoms with Crippen LogP contribution in [0.15, 0.2) is 36.4 Å². The first-order valence-electron chi connectivity index (χ1n) is 7.32. The summed E-state index contributed by atoms with van der Waals surface area (Å²) in [4.78, 5) is 43.4. The van der Waals surface area contributed by atoms with Gasteiger partial charge in [0.1, 0.15) is 5.69 Å². The first-order chi connectivity index (χ1) is 12.2. The summed E-state index contributed by atoms with van der Waals surface area (Å²) in [5, 5.41) is 27.7. The lowest BCUT2D eigenvalue weighted by Gasteiger charge is -2.09. The Balaban J connectivity index is 2.63. The molecule has 2 N–H and O–H groups in total. The second-order valence-corrected chi connectivity index (χ2v) is 5.31. The van der Waals surface area contributed by atoms with E-state index in [9.17, 15) is 29.8 Å². The average molecular weight is 358 g/mol. The molecule has 10 nitrogen and oxygen atoms in total. The van der Waals surface area contributed by atoms with Crippen LogP contribution >= 0.6 is 0 Å². The van der Waals surface area contributed by atoms with Crippen molar-refractivity contribution in [1.82, 2.24) is 0 Å². The summed E-state index contributed by atoms with van der Waals surface area (Å²) in [7, 11) is 0. The van der Waals surface area contributed by atoms with Crippen LogP contribution in [0.5, 0.6) is 0 Å². The van der Waals surface area contributed by atoms with E-state index in [4.69, 9.17) is 0 Å². The van der Waals surface area contributed by atoms with E-state index in [0.29, 0.717) is 11.3 Å². The van der Waals surface area contributed by atoms with Crippen molar-refractivity contribution in [3.63, 3.8) is 0 Å². The van der Waals surface area contributed by atoms with Gasteiger partial charge in [0.2, 0.25) is 11.8 Å². The van der Waals surface area contributed by atoms with E-state index in [2.05, 4.69) is 10.6 Å². The lowest BCUT2D eigenvalue weighted by atomic mass is 10.0. The predicted octanol–water partition coefficient (Wildman–Crippen LogP) is 3.09. The molecule has 134 valence electrons. The zero-order valence-corrected chi connectivity index (χ0v) is 13.8. The third-order valence-corrected chi connectivity index (χ3v) is 3.34. The highest BCUT2D eigenvalue weighted by molar-refractivity contribution is 5.96. The number of carbonyl (C=O) groups excluding carboxylic acids is 2. The van der Waals surface area contributed by atoms with Crippen molar-refractivity contribution in [3.8, 4) is 11.1 Å². The zero-order valence-electron chi connectivity index (χ0n) is 13.8. The predicted molar refractivity (Wildman–Crippen MR) is 93.8 cm³/mol. The molecule has 0 aliphatic heterocycles. The van der Waals surface area contributed by atoms with Gasteiger partial charge < -0.3 is 10.6 Å². The number of carbonyl (C=O) groups is 2. The number of amides is 2. The van der Waals surface area contributed by atoms with Gasteiger partial charge in [0, 0.05) is 19.5 Å². The molecule has 0 unspecified atom stereocenters. The Bertz CT molecular complexity index is 908. The highest BCUT2D eigenvalue weighted by Gasteiger charge is 2.33. The minimum Gasteiger partial charge on any atom is -0.326 e. The second kappa shape index (κ2) is 7.38. The van der Waals surface area contributed by atoms with Crippen molar-refractivity contribution in [2.45, 2.75) is 13.8 Å². The number of nitro groups is 2. The number of nitrogens with zero attached hydrogens (tertiary/aromatic N) is 2. The fourth-order valence-corrected chi connectivity index (χ4v) is 2.41. The third kappa shape index (κ3) is 3.98. The van der Waals surface area contributed by atoms with Crippen molar-refractivity contribution in [2.75, 3.05) is 10.6 Å². The van der Waals surface area contributed by atoms with Gasteiger partial charge in [0.05, 0.1) is 15.4 Å². The molecule has 2 amide bonds. The van der Waals surface area contributed by atoms with Crippen molar-refractivity contribution in [2.24, 2.45) is 0 Å². The van der Waals surface area contributed by atoms with Crippen LogP contribution in [0.25, 0.3) is 11.1 Å². The highest BCUT2D eigenvalue weighted by Crippen LogP contribution is 2.42. The Kier molecular flexibility index (Phi) is 5.26. The quantitative estimate of drug-likeness (QED) is 0.620. The molecule has 0 fully saturated rings. The van der Waals surface area contributed by atoms with Gasteiger partial charge in [-0.1, -0.05) is 12.1 Å². The molecule has 2 aromatic carbocycles. The maximum Gasteiger partial charge on any atom is 0.369 e. The van der Waals surface area contributed by atoms with Crippen LogP contribution in [-0.2, 0) is 9.59 Å². The van der Waals surface area contributed by atoms with Gasteiger partial charge >= 0.3 is 11.4 Å². The molecule has 2 aromatic rings. The molecule has 0 bridgehead atoms. The lowest BCUT2D eigenvalue weighted by molar-refractivity contribution is -0.421. The van der Waals surface area contributed by atoms with Crippen molar-refractivity contribution in [3.05, 3.63) is 56.6 Å². The van der Waals surface area contributed by atoms with E-state index in [1.165, 1.54) is 43.3 Å². The molecule has 0 aromatic heterocycles. The van der Waals surface area contributed by atoms with Crippen LogP contribution in [-0.4, -0.2) is 21.7 Å². The maximum absolute atomic E-state index is 11.5. The molecule has 0 aliphatic carbocycles. The van der Waals surface area contributed by atoms with Crippen molar-refractivity contribution in [1.29, 1.82) is 0 Å². The summed E-state index contributed by atoms with van der Waals surface area (Å²) in [5.41, 5.74) is -0.934. The van der Waals surface area contributed by atoms with Crippen LogP contribution in [0.4, 0.5) is 22.7 Å². The molecular formula is C16H14N4O6. The second-order valence-electron chi connectivity index (χ2n) is 5.31. The average Bonchev–Trinajstić information content (AvgIpc) is 2.53. The largest absolute Gasteiger partial charge is 0.369 e. The van der Waals surface area contributed by atoms with Gasteiger partial charge in [0.15, 0.2) is 0 Å². The third-order valence-electron chi connectivity index (χ3n) is 3.34. The van der Waals surface area contributed by atoms with Gasteiger partial charge in [-0.25, -0.2) is 0 Å². The number of rotatable bonds is 5. The summed E-state index contributed by atoms with van der Waals surface area (Å²) in [6, 6.07) is 8.60. The van der Waals surface area contributed by atoms with Crippen molar-refractivity contribution >= 4 is 34.6 Å². The summed E-state index contributed by atoms with van der Waals surface area (Å²) in [6.45, 7) is 2.48. The van der Waals surface area contributed by atoms with Gasteiger partial charge in [-0.05, 0) is 29.8 Å². The number of anilines is 2. The SMILES string of the molecule is CC(=O)Nc1ccc(-c2ccc(NC(C)=O)c([N+](=O)[O-])c2[N+](=O)[O-])cc1. The molecule has 0 aliphatic rings. The molecule has 0 heterocycles. The minimum absolute atomic E-state index is 0.0187. The van der Waals surface area contributed by atoms with E-state index < -0.39 is 27.1 Å². The van der Waals surface area contributed by atoms with E-state index >= 15 is 0 Å². The fourth-order valence-electron chi connectivity index (χ4n) is 2.41. The first-order valence-corrected chi connectivity index (χ1v) is 7.32. The standard InChI is InChI=1S/C16H14N4O6/c1-9(21)17-12-5-3-11(4-6-12)13-7-8-14(18-10(2)22)16(20(25)26)15(13)19(23)24/h3-8H,1-2H3,(H,17,21)(H,18,22). The number of hydrogen-bond donors (Lipinski definition) is 2. The summed E-state index contributed by atoms with van der Waals surface area (Å²) in [5.74, 6) is -0.867. The Hall–Kier alpha value is -3.82. The Morgan fingerprint density at radius 1 is 0.808 bits per heavy atom. The molecule has 0 radical (unpaired) electrons. The van der Waals surface area contributed by atoms with E-state index in [-0.39, 0.29) is 17.2 Å². The van der Waals surface area contributed by atoms with Crippen LogP contribution in [0.3, 0.4) is 0 Å². The molecule has 0 saturated carbocycles. The number of nitro benzene ring substituents is 2. The van der Waals surface area contributed by atoms with E-state index in [1.807, 2.05) is 0 Å². The maximum atomic E-state index is 11.5. The van der Waals surface area contributed by atoms with Gasteiger partial charge in [0.25, 0.3) is 0 Å². The first kappa shape index (κ1) is 18.5. The summed E-state index contributed by atoms with van der Waals surface area (Å²) < 4.78 is 0. The van der Waals surface area contributed by atoms with Crippen LogP contribution in [0.2, 0.25) is 0 Å². The van der Waals surface area contributed by atoms with Gasteiger partial charge in [-0.15, -0.1) is 0 Å².